The molecule has 1 fully saturated rings. The first kappa shape index (κ1) is 7.03. The van der Waals surface area contributed by atoms with Crippen molar-refractivity contribution in [3.05, 3.63) is 7.05 Å². The summed E-state index contributed by atoms with van der Waals surface area (Å²) in [5, 5.41) is 12.8. The fourth-order valence-corrected chi connectivity index (χ4v) is 1.40. The van der Waals surface area contributed by atoms with Gasteiger partial charge in [-0.25, -0.2) is 0 Å². The van der Waals surface area contributed by atoms with E-state index in [-0.39, 0.29) is 12.1 Å². The topological polar surface area (TPSA) is 34.3 Å². The average molecular weight is 127 g/mol. The lowest BCUT2D eigenvalue weighted by Gasteiger charge is -2.28. The lowest BCUT2D eigenvalue weighted by molar-refractivity contribution is 0.174. The fraction of sp³-hybridized carbons (Fsp3) is 0.857. The molecule has 2 nitrogen and oxygen atoms in total. The number of hydrogen-bond acceptors (Lipinski definition) is 1. The Hall–Kier alpha value is -0.0800. The van der Waals surface area contributed by atoms with E-state index in [2.05, 4.69) is 12.4 Å². The minimum Gasteiger partial charge on any atom is -0.417 e. The van der Waals surface area contributed by atoms with Gasteiger partial charge in [-0.05, 0) is 12.8 Å². The highest BCUT2D eigenvalue weighted by Gasteiger charge is 2.28. The van der Waals surface area contributed by atoms with E-state index in [1.54, 1.807) is 0 Å². The van der Waals surface area contributed by atoms with E-state index in [9.17, 15) is 0 Å². The Labute approximate surface area is 56.3 Å². The third kappa shape index (κ3) is 1.25. The molecule has 1 aliphatic carbocycles. The average Bonchev–Trinajstić information content (AvgIpc) is 2.36. The predicted molar refractivity (Wildman–Crippen MR) is 35.8 cm³/mol. The Morgan fingerprint density at radius 1 is 1.44 bits per heavy atom. The van der Waals surface area contributed by atoms with Gasteiger partial charge in [-0.1, -0.05) is 12.8 Å². The van der Waals surface area contributed by atoms with Crippen molar-refractivity contribution in [1.82, 2.24) is 5.32 Å². The normalized spacial score (nSPS) is 24.7. The molecule has 0 spiro atoms. The highest BCUT2D eigenvalue weighted by Crippen LogP contribution is 2.29. The van der Waals surface area contributed by atoms with Crippen LogP contribution < -0.4 is 5.32 Å². The van der Waals surface area contributed by atoms with Crippen LogP contribution >= 0.6 is 0 Å². The quantitative estimate of drug-likeness (QED) is 0.544. The zero-order chi connectivity index (χ0) is 6.74. The second kappa shape index (κ2) is 2.67. The minimum absolute atomic E-state index is 0.153. The summed E-state index contributed by atoms with van der Waals surface area (Å²) in [5.74, 6) is 0. The van der Waals surface area contributed by atoms with E-state index in [0.717, 1.165) is 12.8 Å². The summed E-state index contributed by atoms with van der Waals surface area (Å²) in [6.07, 6.45) is 4.43. The van der Waals surface area contributed by atoms with Crippen LogP contribution in [0.5, 0.6) is 0 Å². The molecule has 1 aliphatic rings. The number of hydrogen-bond donors (Lipinski definition) is 1. The Morgan fingerprint density at radius 3 is 2.22 bits per heavy atom. The summed E-state index contributed by atoms with van der Waals surface area (Å²) in [6, 6.07) is 0. The standard InChI is InChI=1S/C7H13NO/c1-8-7(6-9)4-2-3-5-7/h9H,1-6H2/q-1. The van der Waals surface area contributed by atoms with Crippen LogP contribution in [-0.2, 0) is 0 Å². The van der Waals surface area contributed by atoms with E-state index in [1.165, 1.54) is 12.8 Å². The van der Waals surface area contributed by atoms with Gasteiger partial charge in [-0.3, -0.25) is 7.05 Å². The maximum atomic E-state index is 8.88. The minimum atomic E-state index is -0.153. The molecule has 0 atom stereocenters. The van der Waals surface area contributed by atoms with Crippen molar-refractivity contribution in [3.8, 4) is 0 Å². The van der Waals surface area contributed by atoms with E-state index in [0.29, 0.717) is 0 Å². The summed E-state index contributed by atoms with van der Waals surface area (Å²) in [6.45, 7) is 0.177. The Balaban J connectivity index is 2.45. The van der Waals surface area contributed by atoms with Gasteiger partial charge in [0.15, 0.2) is 0 Å². The van der Waals surface area contributed by atoms with Gasteiger partial charge in [0, 0.05) is 5.54 Å². The summed E-state index contributed by atoms with van der Waals surface area (Å²) in [7, 11) is 3.48. The predicted octanol–water partition coefficient (Wildman–Crippen LogP) is 0.687. The number of aliphatic hydroxyl groups excluding tert-OH is 1. The monoisotopic (exact) mass is 127 g/mol. The van der Waals surface area contributed by atoms with Crippen molar-refractivity contribution in [1.29, 1.82) is 0 Å². The zero-order valence-electron chi connectivity index (χ0n) is 5.64. The van der Waals surface area contributed by atoms with Crippen LogP contribution in [-0.4, -0.2) is 17.3 Å². The maximum absolute atomic E-state index is 8.88. The molecule has 0 aliphatic heterocycles. The molecule has 0 aromatic carbocycles. The van der Waals surface area contributed by atoms with Crippen LogP contribution in [0.3, 0.4) is 0 Å². The van der Waals surface area contributed by atoms with Gasteiger partial charge in [-0.15, -0.1) is 0 Å². The molecule has 1 N–H and O–H groups in total. The van der Waals surface area contributed by atoms with Gasteiger partial charge in [-0.2, -0.15) is 0 Å². The van der Waals surface area contributed by atoms with E-state index in [1.807, 2.05) is 0 Å². The van der Waals surface area contributed by atoms with Crippen molar-refractivity contribution < 1.29 is 5.11 Å². The summed E-state index contributed by atoms with van der Waals surface area (Å²) >= 11 is 0. The molecular weight excluding hydrogens is 114 g/mol. The number of aliphatic hydroxyl groups is 1. The SMILES string of the molecule is [CH2-][N]C1(CO)CCCC1. The maximum Gasteiger partial charge on any atom is 0.0601 e. The molecular formula is C7H13NO-. The summed E-state index contributed by atoms with van der Waals surface area (Å²) in [4.78, 5) is 0. The van der Waals surface area contributed by atoms with Crippen LogP contribution in [0, 0.1) is 7.05 Å². The van der Waals surface area contributed by atoms with Crippen LogP contribution in [0.15, 0.2) is 0 Å². The van der Waals surface area contributed by atoms with E-state index < -0.39 is 0 Å². The molecule has 0 aromatic heterocycles. The lowest BCUT2D eigenvalue weighted by Crippen LogP contribution is -2.37. The Kier molecular flexibility index (Phi) is 2.09. The highest BCUT2D eigenvalue weighted by molar-refractivity contribution is 4.91. The molecule has 9 heavy (non-hydrogen) atoms. The molecule has 1 radical (unpaired) electrons. The molecule has 0 bridgehead atoms. The van der Waals surface area contributed by atoms with E-state index in [4.69, 9.17) is 5.11 Å². The van der Waals surface area contributed by atoms with Crippen molar-refractivity contribution >= 4 is 0 Å². The summed E-state index contributed by atoms with van der Waals surface area (Å²) in [5.41, 5.74) is -0.153. The first-order chi connectivity index (χ1) is 4.33. The van der Waals surface area contributed by atoms with Gasteiger partial charge in [0.2, 0.25) is 0 Å². The molecule has 53 valence electrons. The second-order valence-corrected chi connectivity index (χ2v) is 2.75. The Morgan fingerprint density at radius 2 is 2.00 bits per heavy atom. The van der Waals surface area contributed by atoms with Crippen LogP contribution in [0.2, 0.25) is 0 Å². The number of nitrogens with zero attached hydrogens (tertiary/aromatic N) is 1. The van der Waals surface area contributed by atoms with Crippen LogP contribution in [0.4, 0.5) is 0 Å². The first-order valence-electron chi connectivity index (χ1n) is 3.42. The van der Waals surface area contributed by atoms with Gasteiger partial charge in [0.1, 0.15) is 0 Å². The van der Waals surface area contributed by atoms with Crippen molar-refractivity contribution in [2.24, 2.45) is 0 Å². The van der Waals surface area contributed by atoms with Crippen LogP contribution in [0.1, 0.15) is 25.7 Å². The molecule has 0 aromatic rings. The third-order valence-electron chi connectivity index (χ3n) is 2.16. The van der Waals surface area contributed by atoms with E-state index >= 15 is 0 Å². The molecule has 0 amide bonds. The van der Waals surface area contributed by atoms with Crippen LogP contribution in [0.25, 0.3) is 0 Å². The van der Waals surface area contributed by atoms with Crippen molar-refractivity contribution in [2.45, 2.75) is 31.2 Å². The lowest BCUT2D eigenvalue weighted by atomic mass is 10.00. The largest absolute Gasteiger partial charge is 0.417 e. The van der Waals surface area contributed by atoms with Crippen molar-refractivity contribution in [3.63, 3.8) is 0 Å². The van der Waals surface area contributed by atoms with Gasteiger partial charge in [0.05, 0.1) is 6.61 Å². The molecule has 0 heterocycles. The molecule has 0 saturated heterocycles. The molecule has 1 saturated carbocycles. The smallest absolute Gasteiger partial charge is 0.0601 e. The second-order valence-electron chi connectivity index (χ2n) is 2.75. The molecule has 2 heteroatoms. The summed E-state index contributed by atoms with van der Waals surface area (Å²) < 4.78 is 0. The fourth-order valence-electron chi connectivity index (χ4n) is 1.40. The molecule has 1 rings (SSSR count). The highest BCUT2D eigenvalue weighted by atomic mass is 16.3. The number of rotatable bonds is 2. The van der Waals surface area contributed by atoms with Gasteiger partial charge in [0.25, 0.3) is 0 Å². The molecule has 0 unspecified atom stereocenters. The van der Waals surface area contributed by atoms with Crippen molar-refractivity contribution in [2.75, 3.05) is 6.61 Å². The Bertz CT molecular complexity index is 80.9. The first-order valence-corrected chi connectivity index (χ1v) is 3.42. The zero-order valence-corrected chi connectivity index (χ0v) is 5.64. The van der Waals surface area contributed by atoms with Gasteiger partial charge < -0.3 is 10.4 Å². The third-order valence-corrected chi connectivity index (χ3v) is 2.16. The van der Waals surface area contributed by atoms with Gasteiger partial charge >= 0.3 is 0 Å².